The van der Waals surface area contributed by atoms with Gasteiger partial charge in [-0.05, 0) is 56.7 Å². The van der Waals surface area contributed by atoms with Gasteiger partial charge in [0, 0.05) is 25.3 Å². The number of nitrogens with one attached hydrogen (secondary N) is 3. The molecule has 9 heteroatoms. The third kappa shape index (κ3) is 5.58. The Morgan fingerprint density at radius 2 is 2.00 bits per heavy atom. The molecule has 1 aliphatic carbocycles. The highest BCUT2D eigenvalue weighted by Crippen LogP contribution is 2.32. The largest absolute Gasteiger partial charge is 0.490 e. The third-order valence-corrected chi connectivity index (χ3v) is 6.69. The smallest absolute Gasteiger partial charge is 0.319 e. The van der Waals surface area contributed by atoms with Crippen molar-refractivity contribution in [3.8, 4) is 5.75 Å². The highest BCUT2D eigenvalue weighted by Gasteiger charge is 2.39. The van der Waals surface area contributed by atoms with Crippen LogP contribution in [0.5, 0.6) is 5.75 Å². The second kappa shape index (κ2) is 10.4. The summed E-state index contributed by atoms with van der Waals surface area (Å²) < 4.78 is 12.2. The Hall–Kier alpha value is -2.81. The zero-order valence-corrected chi connectivity index (χ0v) is 19.4. The van der Waals surface area contributed by atoms with Gasteiger partial charge in [0.2, 0.25) is 5.91 Å². The lowest BCUT2D eigenvalue weighted by Gasteiger charge is -2.42. The highest BCUT2D eigenvalue weighted by atomic mass is 16.5. The van der Waals surface area contributed by atoms with E-state index in [0.717, 1.165) is 25.7 Å². The van der Waals surface area contributed by atoms with E-state index in [9.17, 15) is 14.4 Å². The first kappa shape index (κ1) is 23.4. The van der Waals surface area contributed by atoms with Gasteiger partial charge in [0.15, 0.2) is 0 Å². The average molecular weight is 459 g/mol. The lowest BCUT2D eigenvalue weighted by Crippen LogP contribution is -2.54. The minimum absolute atomic E-state index is 0.0349. The maximum absolute atomic E-state index is 13.3. The Kier molecular flexibility index (Phi) is 7.37. The topological polar surface area (TPSA) is 109 Å². The highest BCUT2D eigenvalue weighted by molar-refractivity contribution is 5.99. The SMILES string of the molecule is CCCNC(=O)Nc1ccc2c(c1)C(=O)N(C)[C@H]1CC[C@H](CC(=O)NC3CCC3)O[C@@H]1CO2. The van der Waals surface area contributed by atoms with Crippen LogP contribution in [0, 0.1) is 0 Å². The Bertz CT molecular complexity index is 888. The van der Waals surface area contributed by atoms with E-state index in [4.69, 9.17) is 9.47 Å². The van der Waals surface area contributed by atoms with Gasteiger partial charge in [0.05, 0.1) is 24.1 Å². The number of likely N-dealkylation sites (N-methyl/N-ethyl adjacent to an activating group) is 1. The number of ether oxygens (including phenoxy) is 2. The number of amides is 4. The van der Waals surface area contributed by atoms with Crippen molar-refractivity contribution in [1.82, 2.24) is 15.5 Å². The second-order valence-electron chi connectivity index (χ2n) is 9.16. The van der Waals surface area contributed by atoms with Gasteiger partial charge in [-0.3, -0.25) is 9.59 Å². The van der Waals surface area contributed by atoms with Crippen LogP contribution in [-0.4, -0.2) is 67.2 Å². The van der Waals surface area contributed by atoms with Crippen molar-refractivity contribution in [3.05, 3.63) is 23.8 Å². The van der Waals surface area contributed by atoms with Crippen LogP contribution in [-0.2, 0) is 9.53 Å². The summed E-state index contributed by atoms with van der Waals surface area (Å²) in [6.07, 6.45) is 5.44. The minimum Gasteiger partial charge on any atom is -0.490 e. The van der Waals surface area contributed by atoms with Gasteiger partial charge in [0.1, 0.15) is 18.5 Å². The van der Waals surface area contributed by atoms with Crippen LogP contribution in [0.2, 0.25) is 0 Å². The summed E-state index contributed by atoms with van der Waals surface area (Å²) in [5.74, 6) is 0.313. The quantitative estimate of drug-likeness (QED) is 0.607. The van der Waals surface area contributed by atoms with E-state index in [-0.39, 0.29) is 36.1 Å². The Balaban J connectivity index is 1.41. The molecule has 180 valence electrons. The molecule has 2 aliphatic heterocycles. The van der Waals surface area contributed by atoms with Gasteiger partial charge in [-0.1, -0.05) is 6.92 Å². The molecule has 33 heavy (non-hydrogen) atoms. The Morgan fingerprint density at radius 1 is 1.18 bits per heavy atom. The normalized spacial score (nSPS) is 24.8. The molecule has 9 nitrogen and oxygen atoms in total. The molecule has 0 bridgehead atoms. The number of hydrogen-bond donors (Lipinski definition) is 3. The molecular formula is C24H34N4O5. The van der Waals surface area contributed by atoms with E-state index in [1.54, 1.807) is 30.1 Å². The van der Waals surface area contributed by atoms with Crippen molar-refractivity contribution in [3.63, 3.8) is 0 Å². The number of carbonyl (C=O) groups excluding carboxylic acids is 3. The van der Waals surface area contributed by atoms with Crippen molar-refractivity contribution in [2.24, 2.45) is 0 Å². The van der Waals surface area contributed by atoms with Gasteiger partial charge in [0.25, 0.3) is 5.91 Å². The molecule has 3 N–H and O–H groups in total. The summed E-state index contributed by atoms with van der Waals surface area (Å²) in [6, 6.07) is 4.93. The van der Waals surface area contributed by atoms with Crippen molar-refractivity contribution < 1.29 is 23.9 Å². The van der Waals surface area contributed by atoms with Crippen LogP contribution < -0.4 is 20.7 Å². The Morgan fingerprint density at radius 3 is 2.73 bits per heavy atom. The molecule has 0 aromatic heterocycles. The summed E-state index contributed by atoms with van der Waals surface area (Å²) >= 11 is 0. The zero-order chi connectivity index (χ0) is 23.4. The number of hydrogen-bond acceptors (Lipinski definition) is 5. The van der Waals surface area contributed by atoms with Gasteiger partial charge >= 0.3 is 6.03 Å². The lowest BCUT2D eigenvalue weighted by molar-refractivity contribution is -0.135. The van der Waals surface area contributed by atoms with Crippen LogP contribution >= 0.6 is 0 Å². The molecular weight excluding hydrogens is 424 g/mol. The van der Waals surface area contributed by atoms with Crippen LogP contribution in [0.3, 0.4) is 0 Å². The monoisotopic (exact) mass is 458 g/mol. The minimum atomic E-state index is -0.308. The van der Waals surface area contributed by atoms with Crippen molar-refractivity contribution >= 4 is 23.5 Å². The summed E-state index contributed by atoms with van der Waals surface area (Å²) in [6.45, 7) is 2.85. The first-order valence-corrected chi connectivity index (χ1v) is 12.0. The molecule has 0 spiro atoms. The first-order chi connectivity index (χ1) is 15.9. The van der Waals surface area contributed by atoms with Crippen LogP contribution in [0.1, 0.15) is 62.2 Å². The fraction of sp³-hybridized carbons (Fsp3) is 0.625. The first-order valence-electron chi connectivity index (χ1n) is 12.0. The maximum Gasteiger partial charge on any atom is 0.319 e. The summed E-state index contributed by atoms with van der Waals surface area (Å²) in [7, 11) is 1.77. The number of benzene rings is 1. The zero-order valence-electron chi connectivity index (χ0n) is 19.4. The molecule has 1 aromatic rings. The number of rotatable bonds is 6. The fourth-order valence-electron chi connectivity index (χ4n) is 4.57. The average Bonchev–Trinajstić information content (AvgIpc) is 2.77. The van der Waals surface area contributed by atoms with Crippen LogP contribution in [0.15, 0.2) is 18.2 Å². The molecule has 0 unspecified atom stereocenters. The second-order valence-corrected chi connectivity index (χ2v) is 9.16. The molecule has 3 atom stereocenters. The van der Waals surface area contributed by atoms with E-state index in [1.165, 1.54) is 6.42 Å². The van der Waals surface area contributed by atoms with Gasteiger partial charge < -0.3 is 30.3 Å². The van der Waals surface area contributed by atoms with Crippen molar-refractivity contribution in [2.45, 2.75) is 76.2 Å². The standard InChI is InChI=1S/C24H34N4O5/c1-3-11-25-24(31)27-16-7-10-20-18(12-16)23(30)28(2)19-9-8-17(33-21(19)14-32-20)13-22(29)26-15-5-4-6-15/h7,10,12,15,17,19,21H,3-6,8-9,11,13-14H2,1-2H3,(H,26,29)(H2,25,27,31)/t17-,19+,21-/m1/s1. The van der Waals surface area contributed by atoms with Crippen LogP contribution in [0.25, 0.3) is 0 Å². The molecule has 1 saturated carbocycles. The van der Waals surface area contributed by atoms with Crippen LogP contribution in [0.4, 0.5) is 10.5 Å². The predicted molar refractivity (Wildman–Crippen MR) is 123 cm³/mol. The van der Waals surface area contributed by atoms with E-state index >= 15 is 0 Å². The van der Waals surface area contributed by atoms with Gasteiger partial charge in [-0.2, -0.15) is 0 Å². The van der Waals surface area contributed by atoms with Crippen molar-refractivity contribution in [1.29, 1.82) is 0 Å². The number of anilines is 1. The number of nitrogens with zero attached hydrogens (tertiary/aromatic N) is 1. The van der Waals surface area contributed by atoms with E-state index < -0.39 is 0 Å². The van der Waals surface area contributed by atoms with Gasteiger partial charge in [-0.15, -0.1) is 0 Å². The molecule has 4 rings (SSSR count). The maximum atomic E-state index is 13.3. The van der Waals surface area contributed by atoms with Gasteiger partial charge in [-0.25, -0.2) is 4.79 Å². The Labute approximate surface area is 194 Å². The molecule has 1 saturated heterocycles. The van der Waals surface area contributed by atoms with E-state index in [1.807, 2.05) is 6.92 Å². The summed E-state index contributed by atoms with van der Waals surface area (Å²) in [4.78, 5) is 39.3. The lowest BCUT2D eigenvalue weighted by atomic mass is 9.92. The number of fused-ring (bicyclic) bond motifs is 2. The molecule has 0 radical (unpaired) electrons. The molecule has 2 heterocycles. The molecule has 3 aliphatic rings. The van der Waals surface area contributed by atoms with Crippen molar-refractivity contribution in [2.75, 3.05) is 25.5 Å². The number of urea groups is 1. The van der Waals surface area contributed by atoms with E-state index in [0.29, 0.717) is 49.0 Å². The number of carbonyl (C=O) groups is 3. The third-order valence-electron chi connectivity index (χ3n) is 6.69. The summed E-state index contributed by atoms with van der Waals surface area (Å²) in [5.41, 5.74) is 0.938. The molecule has 1 aromatic carbocycles. The van der Waals surface area contributed by atoms with E-state index in [2.05, 4.69) is 16.0 Å². The predicted octanol–water partition coefficient (Wildman–Crippen LogP) is 2.66. The molecule has 2 fully saturated rings. The fourth-order valence-corrected chi connectivity index (χ4v) is 4.57. The summed E-state index contributed by atoms with van der Waals surface area (Å²) in [5, 5.41) is 8.58. The molecule has 4 amide bonds.